The third-order valence-corrected chi connectivity index (χ3v) is 5.85. The molecule has 0 bridgehead atoms. The van der Waals surface area contributed by atoms with Crippen LogP contribution in [-0.4, -0.2) is 18.9 Å². The van der Waals surface area contributed by atoms with E-state index in [1.165, 1.54) is 22.8 Å². The summed E-state index contributed by atoms with van der Waals surface area (Å²) < 4.78 is 58.4. The van der Waals surface area contributed by atoms with E-state index in [0.717, 1.165) is 6.07 Å². The molecular weight excluding hydrogens is 400 g/mol. The fourth-order valence-electron chi connectivity index (χ4n) is 2.87. The van der Waals surface area contributed by atoms with Gasteiger partial charge >= 0.3 is 0 Å². The second-order valence-electron chi connectivity index (χ2n) is 6.67. The van der Waals surface area contributed by atoms with Crippen molar-refractivity contribution < 1.29 is 21.9 Å². The molecule has 0 saturated heterocycles. The van der Waals surface area contributed by atoms with E-state index in [0.29, 0.717) is 22.8 Å². The Morgan fingerprint density at radius 2 is 1.79 bits per heavy atom. The van der Waals surface area contributed by atoms with Gasteiger partial charge in [-0.1, -0.05) is 18.2 Å². The molecule has 152 valence electrons. The second-order valence-corrected chi connectivity index (χ2v) is 8.61. The van der Waals surface area contributed by atoms with Gasteiger partial charge in [0.05, 0.1) is 11.5 Å². The van der Waals surface area contributed by atoms with Crippen LogP contribution >= 0.6 is 0 Å². The third kappa shape index (κ3) is 4.78. The predicted octanol–water partition coefficient (Wildman–Crippen LogP) is 3.59. The van der Waals surface area contributed by atoms with Gasteiger partial charge in [-0.25, -0.2) is 17.2 Å². The molecule has 0 N–H and O–H groups in total. The van der Waals surface area contributed by atoms with Gasteiger partial charge in [0, 0.05) is 30.4 Å². The van der Waals surface area contributed by atoms with E-state index < -0.39 is 27.4 Å². The number of ether oxygens (including phenoxy) is 1. The summed E-state index contributed by atoms with van der Waals surface area (Å²) in [5.74, 6) is -2.17. The van der Waals surface area contributed by atoms with Gasteiger partial charge in [-0.3, -0.25) is 4.79 Å². The summed E-state index contributed by atoms with van der Waals surface area (Å²) in [6, 6.07) is 11.0. The molecule has 2 aromatic carbocycles. The van der Waals surface area contributed by atoms with Crippen molar-refractivity contribution in [2.24, 2.45) is 7.05 Å². The maximum absolute atomic E-state index is 13.6. The average Bonchev–Trinajstić information content (AvgIpc) is 2.67. The van der Waals surface area contributed by atoms with E-state index in [4.69, 9.17) is 4.74 Å². The number of nitrogens with zero attached hydrogens (tertiary/aromatic N) is 1. The SMILES string of the molecule is Cc1cc(-c2cccc(S(=O)(=O)COCc3ccc(F)cc3F)c2)cn(C)c1=O. The summed E-state index contributed by atoms with van der Waals surface area (Å²) in [4.78, 5) is 11.9. The van der Waals surface area contributed by atoms with Crippen LogP contribution in [0.3, 0.4) is 0 Å². The van der Waals surface area contributed by atoms with Gasteiger partial charge in [-0.2, -0.15) is 0 Å². The number of rotatable bonds is 6. The Labute approximate surface area is 167 Å². The van der Waals surface area contributed by atoms with E-state index >= 15 is 0 Å². The minimum atomic E-state index is -3.80. The Morgan fingerprint density at radius 1 is 1.03 bits per heavy atom. The zero-order valence-electron chi connectivity index (χ0n) is 15.9. The lowest BCUT2D eigenvalue weighted by Gasteiger charge is -2.10. The lowest BCUT2D eigenvalue weighted by atomic mass is 10.1. The second kappa shape index (κ2) is 8.26. The maximum Gasteiger partial charge on any atom is 0.253 e. The molecule has 0 saturated carbocycles. The largest absolute Gasteiger partial charge is 0.360 e. The number of aryl methyl sites for hydroxylation is 2. The van der Waals surface area contributed by atoms with Crippen LogP contribution in [0.4, 0.5) is 8.78 Å². The highest BCUT2D eigenvalue weighted by Gasteiger charge is 2.16. The summed E-state index contributed by atoms with van der Waals surface area (Å²) in [6.45, 7) is 1.39. The Morgan fingerprint density at radius 3 is 2.48 bits per heavy atom. The molecule has 5 nitrogen and oxygen atoms in total. The van der Waals surface area contributed by atoms with Crippen LogP contribution in [0.15, 0.2) is 64.4 Å². The lowest BCUT2D eigenvalue weighted by molar-refractivity contribution is 0.160. The van der Waals surface area contributed by atoms with Crippen molar-refractivity contribution in [1.82, 2.24) is 4.57 Å². The quantitative estimate of drug-likeness (QED) is 0.613. The molecule has 29 heavy (non-hydrogen) atoms. The number of hydrogen-bond donors (Lipinski definition) is 0. The summed E-state index contributed by atoms with van der Waals surface area (Å²) in [5.41, 5.74) is 1.82. The Hall–Kier alpha value is -2.84. The number of aromatic nitrogens is 1. The highest BCUT2D eigenvalue weighted by Crippen LogP contribution is 2.23. The summed E-state index contributed by atoms with van der Waals surface area (Å²) >= 11 is 0. The van der Waals surface area contributed by atoms with Crippen LogP contribution in [0.2, 0.25) is 0 Å². The van der Waals surface area contributed by atoms with Gasteiger partial charge in [0.25, 0.3) is 5.56 Å². The minimum absolute atomic E-state index is 0.0427. The molecule has 1 aromatic heterocycles. The molecule has 3 aromatic rings. The minimum Gasteiger partial charge on any atom is -0.360 e. The standard InChI is InChI=1S/C21H19F2NO4S/c1-14-8-17(11-24(2)21(14)25)15-4-3-5-19(9-15)29(26,27)13-28-12-16-6-7-18(22)10-20(16)23/h3-11H,12-13H2,1-2H3. The van der Waals surface area contributed by atoms with E-state index in [-0.39, 0.29) is 22.6 Å². The molecule has 0 spiro atoms. The molecule has 1 heterocycles. The number of hydrogen-bond acceptors (Lipinski definition) is 4. The highest BCUT2D eigenvalue weighted by molar-refractivity contribution is 7.91. The Bertz CT molecular complexity index is 1190. The van der Waals surface area contributed by atoms with Gasteiger partial charge in [-0.15, -0.1) is 0 Å². The predicted molar refractivity (Wildman–Crippen MR) is 105 cm³/mol. The lowest BCUT2D eigenvalue weighted by Crippen LogP contribution is -2.18. The van der Waals surface area contributed by atoms with E-state index in [9.17, 15) is 22.0 Å². The summed E-state index contributed by atoms with van der Waals surface area (Å²) in [5, 5.41) is 0. The van der Waals surface area contributed by atoms with Crippen molar-refractivity contribution in [3.8, 4) is 11.1 Å². The number of pyridine rings is 1. The number of benzene rings is 2. The molecule has 0 aliphatic heterocycles. The molecule has 0 aliphatic carbocycles. The average molecular weight is 419 g/mol. The molecule has 8 heteroatoms. The van der Waals surface area contributed by atoms with Gasteiger partial charge in [0.15, 0.2) is 5.94 Å². The van der Waals surface area contributed by atoms with Gasteiger partial charge in [0.1, 0.15) is 11.6 Å². The molecule has 3 rings (SSSR count). The Balaban J connectivity index is 1.79. The molecule has 0 unspecified atom stereocenters. The zero-order valence-corrected chi connectivity index (χ0v) is 16.7. The van der Waals surface area contributed by atoms with Crippen LogP contribution in [0.25, 0.3) is 11.1 Å². The van der Waals surface area contributed by atoms with Gasteiger partial charge < -0.3 is 9.30 Å². The van der Waals surface area contributed by atoms with Crippen molar-refractivity contribution in [2.45, 2.75) is 18.4 Å². The molecule has 0 radical (unpaired) electrons. The molecule has 0 aliphatic rings. The van der Waals surface area contributed by atoms with Crippen molar-refractivity contribution >= 4 is 9.84 Å². The van der Waals surface area contributed by atoms with Crippen LogP contribution in [0.1, 0.15) is 11.1 Å². The van der Waals surface area contributed by atoms with Crippen LogP contribution in [-0.2, 0) is 28.2 Å². The summed E-state index contributed by atoms with van der Waals surface area (Å²) in [6.07, 6.45) is 1.63. The maximum atomic E-state index is 13.6. The summed E-state index contributed by atoms with van der Waals surface area (Å²) in [7, 11) is -2.17. The fourth-order valence-corrected chi connectivity index (χ4v) is 3.90. The molecular formula is C21H19F2NO4S. The van der Waals surface area contributed by atoms with E-state index in [2.05, 4.69) is 0 Å². The van der Waals surface area contributed by atoms with E-state index in [1.807, 2.05) is 0 Å². The van der Waals surface area contributed by atoms with Crippen LogP contribution in [0, 0.1) is 18.6 Å². The Kier molecular flexibility index (Phi) is 5.95. The van der Waals surface area contributed by atoms with Gasteiger partial charge in [0.2, 0.25) is 9.84 Å². The molecule has 0 atom stereocenters. The topological polar surface area (TPSA) is 65.4 Å². The zero-order chi connectivity index (χ0) is 21.2. The van der Waals surface area contributed by atoms with Crippen molar-refractivity contribution in [1.29, 1.82) is 0 Å². The van der Waals surface area contributed by atoms with Crippen LogP contribution in [0.5, 0.6) is 0 Å². The van der Waals surface area contributed by atoms with E-state index in [1.54, 1.807) is 38.4 Å². The first-order valence-electron chi connectivity index (χ1n) is 8.69. The third-order valence-electron chi connectivity index (χ3n) is 4.40. The number of halogens is 2. The molecule has 0 amide bonds. The van der Waals surface area contributed by atoms with Crippen LogP contribution < -0.4 is 5.56 Å². The smallest absolute Gasteiger partial charge is 0.253 e. The molecule has 0 fully saturated rings. The monoisotopic (exact) mass is 419 g/mol. The van der Waals surface area contributed by atoms with Gasteiger partial charge in [-0.05, 0) is 42.3 Å². The first-order valence-corrected chi connectivity index (χ1v) is 10.3. The first kappa shape index (κ1) is 20.9. The normalized spacial score (nSPS) is 11.6. The van der Waals surface area contributed by atoms with Crippen molar-refractivity contribution in [3.05, 3.63) is 87.8 Å². The van der Waals surface area contributed by atoms with Crippen molar-refractivity contribution in [3.63, 3.8) is 0 Å². The highest BCUT2D eigenvalue weighted by atomic mass is 32.2. The fraction of sp³-hybridized carbons (Fsp3) is 0.190. The van der Waals surface area contributed by atoms with Crippen molar-refractivity contribution in [2.75, 3.05) is 5.94 Å². The first-order chi connectivity index (χ1) is 13.7. The number of sulfone groups is 1.